The zero-order valence-corrected chi connectivity index (χ0v) is 21.6. The van der Waals surface area contributed by atoms with E-state index in [2.05, 4.69) is 15.2 Å². The van der Waals surface area contributed by atoms with Crippen LogP contribution < -0.4 is 15.0 Å². The van der Waals surface area contributed by atoms with Gasteiger partial charge in [-0.3, -0.25) is 4.98 Å². The number of rotatable bonds is 7. The monoisotopic (exact) mass is 521 g/mol. The van der Waals surface area contributed by atoms with Crippen LogP contribution in [0.4, 0.5) is 5.69 Å². The van der Waals surface area contributed by atoms with Crippen LogP contribution in [0.1, 0.15) is 37.4 Å². The highest BCUT2D eigenvalue weighted by molar-refractivity contribution is 7.99. The first-order valence-corrected chi connectivity index (χ1v) is 12.9. The molecule has 5 nitrogen and oxygen atoms in total. The highest BCUT2D eigenvalue weighted by Gasteiger charge is 2.42. The van der Waals surface area contributed by atoms with Crippen LogP contribution in [0, 0.1) is 0 Å². The number of nitrogens with one attached hydrogen (secondary N) is 1. The number of hydrogen-bond acceptors (Lipinski definition) is 5. The van der Waals surface area contributed by atoms with Gasteiger partial charge in [-0.2, -0.15) is 0 Å². The minimum absolute atomic E-state index is 0.108. The van der Waals surface area contributed by atoms with E-state index in [4.69, 9.17) is 33.0 Å². The summed E-state index contributed by atoms with van der Waals surface area (Å²) in [5, 5.41) is 5.58. The highest BCUT2D eigenvalue weighted by atomic mass is 35.5. The van der Waals surface area contributed by atoms with Gasteiger partial charge in [0.25, 0.3) is 0 Å². The van der Waals surface area contributed by atoms with Crippen molar-refractivity contribution in [2.45, 2.75) is 42.0 Å². The number of halogens is 1. The van der Waals surface area contributed by atoms with Crippen molar-refractivity contribution in [3.8, 4) is 5.75 Å². The molecular formula is C27H24ClN3O2S2. The van der Waals surface area contributed by atoms with Gasteiger partial charge in [0, 0.05) is 21.8 Å². The second-order valence-corrected chi connectivity index (χ2v) is 10.3. The average Bonchev–Trinajstić information content (AvgIpc) is 3.45. The van der Waals surface area contributed by atoms with Gasteiger partial charge in [0.1, 0.15) is 17.6 Å². The number of anilines is 1. The molecule has 5 rings (SSSR count). The van der Waals surface area contributed by atoms with E-state index in [-0.39, 0.29) is 18.2 Å². The first kappa shape index (κ1) is 23.7. The summed E-state index contributed by atoms with van der Waals surface area (Å²) >= 11 is 13.4. The molecule has 0 saturated carbocycles. The van der Waals surface area contributed by atoms with Crippen molar-refractivity contribution in [2.24, 2.45) is 0 Å². The lowest BCUT2D eigenvalue weighted by Gasteiger charge is -2.26. The summed E-state index contributed by atoms with van der Waals surface area (Å²) < 4.78 is 12.2. The number of benzene rings is 2. The van der Waals surface area contributed by atoms with Crippen LogP contribution in [0.15, 0.2) is 99.5 Å². The van der Waals surface area contributed by atoms with E-state index in [1.54, 1.807) is 18.0 Å². The lowest BCUT2D eigenvalue weighted by atomic mass is 10.0. The second-order valence-electron chi connectivity index (χ2n) is 8.37. The maximum Gasteiger partial charge on any atom is 0.174 e. The second kappa shape index (κ2) is 10.3. The minimum atomic E-state index is -0.214. The molecule has 4 aromatic rings. The summed E-state index contributed by atoms with van der Waals surface area (Å²) in [6, 6.07) is 25.2. The van der Waals surface area contributed by atoms with Crippen molar-refractivity contribution in [2.75, 3.05) is 4.90 Å². The molecular weight excluding hydrogens is 498 g/mol. The topological polar surface area (TPSA) is 50.5 Å². The highest BCUT2D eigenvalue weighted by Crippen LogP contribution is 2.43. The number of pyridine rings is 1. The van der Waals surface area contributed by atoms with Gasteiger partial charge in [-0.1, -0.05) is 29.4 Å². The van der Waals surface area contributed by atoms with Crippen LogP contribution in [-0.2, 0) is 0 Å². The fourth-order valence-electron chi connectivity index (χ4n) is 4.05. The summed E-state index contributed by atoms with van der Waals surface area (Å²) in [7, 11) is 0. The Balaban J connectivity index is 1.49. The van der Waals surface area contributed by atoms with Crippen LogP contribution in [-0.4, -0.2) is 16.2 Å². The smallest absolute Gasteiger partial charge is 0.174 e. The Bertz CT molecular complexity index is 1290. The van der Waals surface area contributed by atoms with Crippen molar-refractivity contribution in [1.29, 1.82) is 0 Å². The molecule has 3 heterocycles. The molecule has 0 amide bonds. The van der Waals surface area contributed by atoms with Gasteiger partial charge in [-0.25, -0.2) is 0 Å². The average molecular weight is 522 g/mol. The van der Waals surface area contributed by atoms with Gasteiger partial charge in [-0.15, -0.1) is 0 Å². The zero-order chi connectivity index (χ0) is 24.4. The molecule has 1 aliphatic rings. The molecule has 2 aromatic carbocycles. The molecule has 0 unspecified atom stereocenters. The molecule has 1 saturated heterocycles. The molecule has 1 aliphatic heterocycles. The predicted molar refractivity (Wildman–Crippen MR) is 144 cm³/mol. The van der Waals surface area contributed by atoms with E-state index in [9.17, 15) is 0 Å². The van der Waals surface area contributed by atoms with Crippen LogP contribution in [0.3, 0.4) is 0 Å². The Morgan fingerprint density at radius 1 is 1.03 bits per heavy atom. The van der Waals surface area contributed by atoms with Crippen LogP contribution in [0.2, 0.25) is 5.02 Å². The third kappa shape index (κ3) is 5.32. The molecule has 0 spiro atoms. The van der Waals surface area contributed by atoms with Crippen molar-refractivity contribution in [1.82, 2.24) is 10.3 Å². The maximum atomic E-state index is 6.37. The van der Waals surface area contributed by atoms with Gasteiger partial charge in [0.15, 0.2) is 10.2 Å². The van der Waals surface area contributed by atoms with Gasteiger partial charge in [0.05, 0.1) is 17.8 Å². The Labute approximate surface area is 219 Å². The first-order chi connectivity index (χ1) is 17.0. The van der Waals surface area contributed by atoms with Gasteiger partial charge in [0.2, 0.25) is 0 Å². The molecule has 0 bridgehead atoms. The van der Waals surface area contributed by atoms with E-state index >= 15 is 0 Å². The number of nitrogens with zero attached hydrogens (tertiary/aromatic N) is 2. The molecule has 2 aromatic heterocycles. The van der Waals surface area contributed by atoms with E-state index in [1.807, 2.05) is 92.7 Å². The number of ether oxygens (including phenoxy) is 1. The Kier molecular flexibility index (Phi) is 7.00. The van der Waals surface area contributed by atoms with E-state index in [1.165, 1.54) is 0 Å². The summed E-state index contributed by atoms with van der Waals surface area (Å²) in [5.74, 6) is 1.62. The Morgan fingerprint density at radius 3 is 2.49 bits per heavy atom. The largest absolute Gasteiger partial charge is 0.491 e. The molecule has 0 aliphatic carbocycles. The standard InChI is InChI=1S/C27H24ClN3O2S2/c1-17(2)32-20-10-8-19(9-11-20)31-26(25(30-27(31)34)22-5-3-4-16-29-22)23-14-15-24(33-23)35-21-12-6-18(28)7-13-21/h3-17,25-26H,1-2H3,(H,30,34)/t25-,26+/m1/s1. The molecule has 1 fully saturated rings. The molecule has 0 radical (unpaired) electrons. The molecule has 1 N–H and O–H groups in total. The lowest BCUT2D eigenvalue weighted by molar-refractivity contribution is 0.242. The summed E-state index contributed by atoms with van der Waals surface area (Å²) in [6.45, 7) is 4.02. The zero-order valence-electron chi connectivity index (χ0n) is 19.2. The summed E-state index contributed by atoms with van der Waals surface area (Å²) in [6.07, 6.45) is 1.90. The van der Waals surface area contributed by atoms with E-state index < -0.39 is 0 Å². The number of aromatic nitrogens is 1. The van der Waals surface area contributed by atoms with Gasteiger partial charge in [-0.05, 0) is 98.9 Å². The van der Waals surface area contributed by atoms with Crippen LogP contribution in [0.5, 0.6) is 5.75 Å². The Morgan fingerprint density at radius 2 is 1.80 bits per heavy atom. The molecule has 8 heteroatoms. The Hall–Kier alpha value is -3.00. The van der Waals surface area contributed by atoms with Crippen molar-refractivity contribution < 1.29 is 9.15 Å². The fourth-order valence-corrected chi connectivity index (χ4v) is 5.30. The minimum Gasteiger partial charge on any atom is -0.491 e. The summed E-state index contributed by atoms with van der Waals surface area (Å²) in [5.41, 5.74) is 1.84. The normalized spacial score (nSPS) is 17.6. The SMILES string of the molecule is CC(C)Oc1ccc(N2C(=S)N[C@H](c3ccccn3)[C@@H]2c2ccc(Sc3ccc(Cl)cc3)o2)cc1. The van der Waals surface area contributed by atoms with Crippen molar-refractivity contribution in [3.05, 3.63) is 102 Å². The van der Waals surface area contributed by atoms with E-state index in [0.717, 1.165) is 32.9 Å². The maximum absolute atomic E-state index is 6.37. The van der Waals surface area contributed by atoms with Crippen molar-refractivity contribution in [3.63, 3.8) is 0 Å². The fraction of sp³-hybridized carbons (Fsp3) is 0.185. The third-order valence-corrected chi connectivity index (χ3v) is 7.01. The quantitative estimate of drug-likeness (QED) is 0.253. The predicted octanol–water partition coefficient (Wildman–Crippen LogP) is 7.44. The van der Waals surface area contributed by atoms with Crippen molar-refractivity contribution >= 4 is 46.4 Å². The summed E-state index contributed by atoms with van der Waals surface area (Å²) in [4.78, 5) is 7.74. The first-order valence-electron chi connectivity index (χ1n) is 11.3. The van der Waals surface area contributed by atoms with Gasteiger partial charge >= 0.3 is 0 Å². The lowest BCUT2D eigenvalue weighted by Crippen LogP contribution is -2.29. The molecule has 2 atom stereocenters. The number of furan rings is 1. The number of thiocarbonyl (C=S) groups is 1. The van der Waals surface area contributed by atoms with Crippen LogP contribution in [0.25, 0.3) is 0 Å². The van der Waals surface area contributed by atoms with E-state index in [0.29, 0.717) is 10.1 Å². The van der Waals surface area contributed by atoms with Crippen LogP contribution >= 0.6 is 35.6 Å². The third-order valence-electron chi connectivity index (χ3n) is 5.51. The molecule has 178 valence electrons. The molecule has 35 heavy (non-hydrogen) atoms. The van der Waals surface area contributed by atoms with Gasteiger partial charge < -0.3 is 19.4 Å². The number of hydrogen-bond donors (Lipinski definition) is 1.